The molecule has 21 heavy (non-hydrogen) atoms. The Morgan fingerprint density at radius 3 is 2.76 bits per heavy atom. The van der Waals surface area contributed by atoms with Crippen LogP contribution in [0, 0.1) is 0 Å². The van der Waals surface area contributed by atoms with Crippen molar-refractivity contribution in [2.75, 3.05) is 24.3 Å². The van der Waals surface area contributed by atoms with Crippen LogP contribution in [0.3, 0.4) is 0 Å². The third-order valence-corrected chi connectivity index (χ3v) is 3.10. The van der Waals surface area contributed by atoms with E-state index in [0.29, 0.717) is 11.9 Å². The molecular weight excluding hydrogens is 288 g/mol. The number of fused-ring (bicyclic) bond motifs is 1. The van der Waals surface area contributed by atoms with E-state index in [1.807, 2.05) is 38.4 Å². The molecule has 0 saturated heterocycles. The zero-order valence-electron chi connectivity index (χ0n) is 11.6. The SMILES string of the molecule is CN(C)c1nc(Cl)nc(Nc2cccc3ccncc23)n1. The Morgan fingerprint density at radius 2 is 1.95 bits per heavy atom. The van der Waals surface area contributed by atoms with Gasteiger partial charge in [-0.05, 0) is 29.1 Å². The number of anilines is 3. The van der Waals surface area contributed by atoms with Crippen LogP contribution in [-0.4, -0.2) is 34.0 Å². The van der Waals surface area contributed by atoms with Gasteiger partial charge in [-0.1, -0.05) is 12.1 Å². The van der Waals surface area contributed by atoms with Gasteiger partial charge in [-0.25, -0.2) is 0 Å². The Kier molecular flexibility index (Phi) is 3.53. The minimum absolute atomic E-state index is 0.148. The highest BCUT2D eigenvalue weighted by Gasteiger charge is 2.08. The van der Waals surface area contributed by atoms with Gasteiger partial charge >= 0.3 is 0 Å². The molecule has 0 aliphatic carbocycles. The molecule has 2 aromatic heterocycles. The first kappa shape index (κ1) is 13.5. The Balaban J connectivity index is 2.03. The number of hydrogen-bond acceptors (Lipinski definition) is 6. The predicted octanol–water partition coefficient (Wildman–Crippen LogP) is 2.88. The molecule has 6 nitrogen and oxygen atoms in total. The molecule has 0 saturated carbocycles. The van der Waals surface area contributed by atoms with E-state index in [4.69, 9.17) is 11.6 Å². The van der Waals surface area contributed by atoms with Gasteiger partial charge in [0.2, 0.25) is 17.2 Å². The standard InChI is InChI=1S/C14H13ClN6/c1-21(2)14-19-12(15)18-13(20-14)17-11-5-3-4-9-6-7-16-8-10(9)11/h3-8H,1-2H3,(H,17,18,19,20). The summed E-state index contributed by atoms with van der Waals surface area (Å²) in [6.45, 7) is 0. The van der Waals surface area contributed by atoms with Crippen molar-refractivity contribution in [1.29, 1.82) is 0 Å². The third kappa shape index (κ3) is 2.85. The van der Waals surface area contributed by atoms with Crippen LogP contribution >= 0.6 is 11.6 Å². The number of nitrogens with one attached hydrogen (secondary N) is 1. The monoisotopic (exact) mass is 300 g/mol. The van der Waals surface area contributed by atoms with E-state index in [2.05, 4.69) is 25.3 Å². The van der Waals surface area contributed by atoms with Crippen LogP contribution in [0.25, 0.3) is 10.8 Å². The summed E-state index contributed by atoms with van der Waals surface area (Å²) in [4.78, 5) is 18.4. The summed E-state index contributed by atoms with van der Waals surface area (Å²) in [6, 6.07) is 7.87. The number of aromatic nitrogens is 4. The smallest absolute Gasteiger partial charge is 0.233 e. The molecule has 0 radical (unpaired) electrons. The zero-order valence-corrected chi connectivity index (χ0v) is 12.3. The van der Waals surface area contributed by atoms with E-state index in [1.165, 1.54) is 0 Å². The molecule has 0 amide bonds. The molecule has 0 atom stereocenters. The average molecular weight is 301 g/mol. The molecule has 0 aliphatic rings. The average Bonchev–Trinajstić information content (AvgIpc) is 2.47. The van der Waals surface area contributed by atoms with E-state index < -0.39 is 0 Å². The lowest BCUT2D eigenvalue weighted by molar-refractivity contribution is 0.961. The van der Waals surface area contributed by atoms with Gasteiger partial charge in [0.15, 0.2) is 0 Å². The topological polar surface area (TPSA) is 66.8 Å². The first-order valence-corrected chi connectivity index (χ1v) is 6.70. The first-order valence-electron chi connectivity index (χ1n) is 6.32. The number of benzene rings is 1. The summed E-state index contributed by atoms with van der Waals surface area (Å²) >= 11 is 5.94. The van der Waals surface area contributed by atoms with Gasteiger partial charge in [0.05, 0.1) is 5.69 Å². The third-order valence-electron chi connectivity index (χ3n) is 2.93. The number of halogens is 1. The van der Waals surface area contributed by atoms with E-state index in [0.717, 1.165) is 16.5 Å². The lowest BCUT2D eigenvalue weighted by atomic mass is 10.1. The van der Waals surface area contributed by atoms with Gasteiger partial charge in [0.1, 0.15) is 0 Å². The van der Waals surface area contributed by atoms with E-state index in [9.17, 15) is 0 Å². The molecule has 0 fully saturated rings. The van der Waals surface area contributed by atoms with Crippen molar-refractivity contribution in [3.8, 4) is 0 Å². The number of rotatable bonds is 3. The summed E-state index contributed by atoms with van der Waals surface area (Å²) < 4.78 is 0. The lowest BCUT2D eigenvalue weighted by Crippen LogP contribution is -2.14. The fourth-order valence-electron chi connectivity index (χ4n) is 1.94. The van der Waals surface area contributed by atoms with Gasteiger partial charge in [-0.2, -0.15) is 15.0 Å². The van der Waals surface area contributed by atoms with Crippen molar-refractivity contribution in [1.82, 2.24) is 19.9 Å². The maximum Gasteiger partial charge on any atom is 0.233 e. The molecular formula is C14H13ClN6. The van der Waals surface area contributed by atoms with Crippen molar-refractivity contribution in [2.24, 2.45) is 0 Å². The summed E-state index contributed by atoms with van der Waals surface area (Å²) in [7, 11) is 3.69. The molecule has 0 bridgehead atoms. The maximum absolute atomic E-state index is 5.94. The van der Waals surface area contributed by atoms with Crippen LogP contribution in [0.1, 0.15) is 0 Å². The zero-order chi connectivity index (χ0) is 14.8. The second kappa shape index (κ2) is 5.49. The Morgan fingerprint density at radius 1 is 1.10 bits per heavy atom. The van der Waals surface area contributed by atoms with Crippen LogP contribution in [0.5, 0.6) is 0 Å². The van der Waals surface area contributed by atoms with Crippen molar-refractivity contribution in [2.45, 2.75) is 0 Å². The highest BCUT2D eigenvalue weighted by Crippen LogP contribution is 2.25. The predicted molar refractivity (Wildman–Crippen MR) is 84.2 cm³/mol. The van der Waals surface area contributed by atoms with Crippen molar-refractivity contribution in [3.63, 3.8) is 0 Å². The minimum Gasteiger partial charge on any atom is -0.347 e. The quantitative estimate of drug-likeness (QED) is 0.802. The number of pyridine rings is 1. The molecule has 3 rings (SSSR count). The molecule has 0 spiro atoms. The summed E-state index contributed by atoms with van der Waals surface area (Å²) in [6.07, 6.45) is 3.56. The van der Waals surface area contributed by atoms with E-state index in [-0.39, 0.29) is 5.28 Å². The minimum atomic E-state index is 0.148. The van der Waals surface area contributed by atoms with Crippen LogP contribution in [0.15, 0.2) is 36.7 Å². The maximum atomic E-state index is 5.94. The van der Waals surface area contributed by atoms with Crippen molar-refractivity contribution >= 4 is 40.0 Å². The van der Waals surface area contributed by atoms with Gasteiger partial charge in [0.25, 0.3) is 0 Å². The Labute approximate surface area is 126 Å². The van der Waals surface area contributed by atoms with Crippen molar-refractivity contribution in [3.05, 3.63) is 41.9 Å². The summed E-state index contributed by atoms with van der Waals surface area (Å²) in [5.74, 6) is 0.894. The van der Waals surface area contributed by atoms with Crippen LogP contribution in [0.2, 0.25) is 5.28 Å². The number of hydrogen-bond donors (Lipinski definition) is 1. The molecule has 7 heteroatoms. The van der Waals surface area contributed by atoms with Gasteiger partial charge in [-0.3, -0.25) is 4.98 Å². The Hall–Kier alpha value is -2.47. The van der Waals surface area contributed by atoms with Crippen molar-refractivity contribution < 1.29 is 0 Å². The highest BCUT2D eigenvalue weighted by atomic mass is 35.5. The van der Waals surface area contributed by atoms with Gasteiger partial charge in [-0.15, -0.1) is 0 Å². The molecule has 3 aromatic rings. The molecule has 1 N–H and O–H groups in total. The molecule has 2 heterocycles. The lowest BCUT2D eigenvalue weighted by Gasteiger charge is -2.12. The van der Waals surface area contributed by atoms with E-state index >= 15 is 0 Å². The largest absolute Gasteiger partial charge is 0.347 e. The summed E-state index contributed by atoms with van der Waals surface area (Å²) in [5, 5.41) is 5.39. The summed E-state index contributed by atoms with van der Waals surface area (Å²) in [5.41, 5.74) is 0.868. The second-order valence-electron chi connectivity index (χ2n) is 4.65. The molecule has 1 aromatic carbocycles. The van der Waals surface area contributed by atoms with Crippen LogP contribution < -0.4 is 10.2 Å². The van der Waals surface area contributed by atoms with Gasteiger partial charge < -0.3 is 10.2 Å². The Bertz CT molecular complexity index is 784. The normalized spacial score (nSPS) is 10.6. The van der Waals surface area contributed by atoms with Crippen LogP contribution in [0.4, 0.5) is 17.6 Å². The molecule has 106 valence electrons. The fourth-order valence-corrected chi connectivity index (χ4v) is 2.09. The first-order chi connectivity index (χ1) is 10.1. The highest BCUT2D eigenvalue weighted by molar-refractivity contribution is 6.28. The van der Waals surface area contributed by atoms with Gasteiger partial charge in [0, 0.05) is 31.9 Å². The second-order valence-corrected chi connectivity index (χ2v) is 4.99. The van der Waals surface area contributed by atoms with E-state index in [1.54, 1.807) is 17.3 Å². The fraction of sp³-hybridized carbons (Fsp3) is 0.143. The van der Waals surface area contributed by atoms with Crippen LogP contribution in [-0.2, 0) is 0 Å². The number of nitrogens with zero attached hydrogens (tertiary/aromatic N) is 5. The molecule has 0 unspecified atom stereocenters. The molecule has 0 aliphatic heterocycles.